The van der Waals surface area contributed by atoms with Crippen molar-refractivity contribution in [2.24, 2.45) is 0 Å². The summed E-state index contributed by atoms with van der Waals surface area (Å²) in [5.74, 6) is 0.804. The standard InChI is InChI=1S/C26H24FN3O/c1-2-19-7-3-5-9-23(19)29-17-20(15-25(29)31)26-28-22-8-4-6-10-24(22)30(26)16-18-11-13-21(27)14-12-18/h3-14,20H,2,15-17H2,1H3/t20-/m0/s1. The van der Waals surface area contributed by atoms with E-state index in [1.165, 1.54) is 17.7 Å². The second-order valence-corrected chi connectivity index (χ2v) is 8.06. The first-order chi connectivity index (χ1) is 15.1. The lowest BCUT2D eigenvalue weighted by Crippen LogP contribution is -2.25. The lowest BCUT2D eigenvalue weighted by molar-refractivity contribution is -0.117. The number of hydrogen-bond donors (Lipinski definition) is 0. The smallest absolute Gasteiger partial charge is 0.227 e. The molecule has 0 aliphatic carbocycles. The minimum atomic E-state index is -0.244. The number of amides is 1. The van der Waals surface area contributed by atoms with E-state index in [9.17, 15) is 9.18 Å². The van der Waals surface area contributed by atoms with Gasteiger partial charge in [0.15, 0.2) is 0 Å². The van der Waals surface area contributed by atoms with E-state index < -0.39 is 0 Å². The van der Waals surface area contributed by atoms with Gasteiger partial charge in [-0.25, -0.2) is 9.37 Å². The third-order valence-corrected chi connectivity index (χ3v) is 6.09. The van der Waals surface area contributed by atoms with E-state index in [-0.39, 0.29) is 17.6 Å². The van der Waals surface area contributed by atoms with Gasteiger partial charge in [0.2, 0.25) is 5.91 Å². The van der Waals surface area contributed by atoms with Crippen LogP contribution in [-0.2, 0) is 17.8 Å². The number of halogens is 1. The Bertz CT molecular complexity index is 1250. The van der Waals surface area contributed by atoms with Crippen molar-refractivity contribution in [3.8, 4) is 0 Å². The summed E-state index contributed by atoms with van der Waals surface area (Å²) >= 11 is 0. The molecule has 156 valence electrons. The molecule has 5 heteroatoms. The minimum Gasteiger partial charge on any atom is -0.323 e. The fraction of sp³-hybridized carbons (Fsp3) is 0.231. The molecule has 0 unspecified atom stereocenters. The highest BCUT2D eigenvalue weighted by molar-refractivity contribution is 5.97. The molecule has 4 aromatic rings. The van der Waals surface area contributed by atoms with Crippen LogP contribution in [0.25, 0.3) is 11.0 Å². The van der Waals surface area contributed by atoms with Crippen LogP contribution < -0.4 is 4.90 Å². The van der Waals surface area contributed by atoms with E-state index in [0.717, 1.165) is 34.5 Å². The summed E-state index contributed by atoms with van der Waals surface area (Å²) in [6.07, 6.45) is 1.32. The average molecular weight is 413 g/mol. The quantitative estimate of drug-likeness (QED) is 0.445. The molecule has 2 heterocycles. The normalized spacial score (nSPS) is 16.4. The molecule has 1 aromatic heterocycles. The van der Waals surface area contributed by atoms with Crippen molar-refractivity contribution in [3.05, 3.63) is 95.6 Å². The zero-order valence-corrected chi connectivity index (χ0v) is 17.5. The van der Waals surface area contributed by atoms with Crippen LogP contribution >= 0.6 is 0 Å². The van der Waals surface area contributed by atoms with Gasteiger partial charge in [-0.2, -0.15) is 0 Å². The maximum absolute atomic E-state index is 13.4. The summed E-state index contributed by atoms with van der Waals surface area (Å²) in [6.45, 7) is 3.31. The summed E-state index contributed by atoms with van der Waals surface area (Å²) in [4.78, 5) is 19.8. The Hall–Kier alpha value is -3.47. The number of nitrogens with zero attached hydrogens (tertiary/aromatic N) is 3. The SMILES string of the molecule is CCc1ccccc1N1C[C@@H](c2nc3ccccc3n2Cc2ccc(F)cc2)CC1=O. The van der Waals surface area contributed by atoms with Crippen molar-refractivity contribution in [1.29, 1.82) is 0 Å². The predicted octanol–water partition coefficient (Wildman–Crippen LogP) is 5.31. The van der Waals surface area contributed by atoms with Gasteiger partial charge in [0.05, 0.1) is 11.0 Å². The van der Waals surface area contributed by atoms with Crippen LogP contribution in [0, 0.1) is 5.82 Å². The molecule has 1 atom stereocenters. The minimum absolute atomic E-state index is 0.00487. The van der Waals surface area contributed by atoms with Crippen molar-refractivity contribution in [1.82, 2.24) is 9.55 Å². The van der Waals surface area contributed by atoms with Gasteiger partial charge in [-0.1, -0.05) is 49.4 Å². The first-order valence-electron chi connectivity index (χ1n) is 10.7. The number of hydrogen-bond acceptors (Lipinski definition) is 2. The van der Waals surface area contributed by atoms with Crippen molar-refractivity contribution >= 4 is 22.6 Å². The summed E-state index contributed by atoms with van der Waals surface area (Å²) in [6, 6.07) is 22.7. The van der Waals surface area contributed by atoms with Gasteiger partial charge < -0.3 is 9.47 Å². The fourth-order valence-corrected chi connectivity index (χ4v) is 4.53. The number of aryl methyl sites for hydroxylation is 1. The van der Waals surface area contributed by atoms with Crippen LogP contribution in [0.5, 0.6) is 0 Å². The van der Waals surface area contributed by atoms with Gasteiger partial charge in [-0.3, -0.25) is 4.79 Å². The number of carbonyl (C=O) groups is 1. The van der Waals surface area contributed by atoms with Gasteiger partial charge in [-0.15, -0.1) is 0 Å². The number of imidazole rings is 1. The first kappa shape index (κ1) is 19.5. The number of fused-ring (bicyclic) bond motifs is 1. The highest BCUT2D eigenvalue weighted by Gasteiger charge is 2.35. The highest BCUT2D eigenvalue weighted by Crippen LogP contribution is 2.35. The number of para-hydroxylation sites is 3. The second kappa shape index (κ2) is 7.99. The second-order valence-electron chi connectivity index (χ2n) is 8.06. The Kier molecular flexibility index (Phi) is 5.02. The van der Waals surface area contributed by atoms with Crippen LogP contribution in [0.4, 0.5) is 10.1 Å². The molecule has 1 amide bonds. The number of rotatable bonds is 5. The Morgan fingerprint density at radius 1 is 1.00 bits per heavy atom. The predicted molar refractivity (Wildman–Crippen MR) is 121 cm³/mol. The summed E-state index contributed by atoms with van der Waals surface area (Å²) in [7, 11) is 0. The summed E-state index contributed by atoms with van der Waals surface area (Å²) in [5.41, 5.74) is 5.12. The maximum Gasteiger partial charge on any atom is 0.227 e. The zero-order chi connectivity index (χ0) is 21.4. The molecule has 31 heavy (non-hydrogen) atoms. The van der Waals surface area contributed by atoms with Crippen LogP contribution in [-0.4, -0.2) is 22.0 Å². The molecule has 5 rings (SSSR count). The van der Waals surface area contributed by atoms with E-state index in [2.05, 4.69) is 23.6 Å². The maximum atomic E-state index is 13.4. The Labute approximate surface area is 181 Å². The third kappa shape index (κ3) is 3.61. The van der Waals surface area contributed by atoms with Crippen LogP contribution in [0.3, 0.4) is 0 Å². The molecule has 1 aliphatic heterocycles. The van der Waals surface area contributed by atoms with E-state index >= 15 is 0 Å². The fourth-order valence-electron chi connectivity index (χ4n) is 4.53. The number of carbonyl (C=O) groups excluding carboxylic acids is 1. The van der Waals surface area contributed by atoms with Gasteiger partial charge >= 0.3 is 0 Å². The molecule has 3 aromatic carbocycles. The molecule has 4 nitrogen and oxygen atoms in total. The molecule has 0 saturated carbocycles. The van der Waals surface area contributed by atoms with Crippen LogP contribution in [0.2, 0.25) is 0 Å². The topological polar surface area (TPSA) is 38.1 Å². The molecule has 0 bridgehead atoms. The van der Waals surface area contributed by atoms with Crippen molar-refractivity contribution < 1.29 is 9.18 Å². The van der Waals surface area contributed by atoms with Crippen LogP contribution in [0.15, 0.2) is 72.8 Å². The highest BCUT2D eigenvalue weighted by atomic mass is 19.1. The van der Waals surface area contributed by atoms with Crippen molar-refractivity contribution in [2.45, 2.75) is 32.2 Å². The molecule has 0 N–H and O–H groups in total. The van der Waals surface area contributed by atoms with Crippen LogP contribution in [0.1, 0.15) is 36.2 Å². The third-order valence-electron chi connectivity index (χ3n) is 6.09. The van der Waals surface area contributed by atoms with Gasteiger partial charge in [0, 0.05) is 31.1 Å². The molecule has 1 saturated heterocycles. The van der Waals surface area contributed by atoms with Crippen molar-refractivity contribution in [2.75, 3.05) is 11.4 Å². The molecule has 1 fully saturated rings. The zero-order valence-electron chi connectivity index (χ0n) is 17.5. The summed E-state index contributed by atoms with van der Waals surface area (Å²) in [5, 5.41) is 0. The monoisotopic (exact) mass is 413 g/mol. The summed E-state index contributed by atoms with van der Waals surface area (Å²) < 4.78 is 15.6. The largest absolute Gasteiger partial charge is 0.323 e. The lowest BCUT2D eigenvalue weighted by atomic mass is 10.1. The molecule has 1 aliphatic rings. The number of aromatic nitrogens is 2. The van der Waals surface area contributed by atoms with E-state index in [1.54, 1.807) is 12.1 Å². The van der Waals surface area contributed by atoms with E-state index in [4.69, 9.17) is 4.98 Å². The van der Waals surface area contributed by atoms with E-state index in [0.29, 0.717) is 19.5 Å². The Morgan fingerprint density at radius 3 is 2.55 bits per heavy atom. The molecular weight excluding hydrogens is 389 g/mol. The van der Waals surface area contributed by atoms with Gasteiger partial charge in [0.1, 0.15) is 11.6 Å². The molecule has 0 radical (unpaired) electrons. The Morgan fingerprint density at radius 2 is 1.74 bits per heavy atom. The molecular formula is C26H24FN3O. The Balaban J connectivity index is 1.53. The van der Waals surface area contributed by atoms with E-state index in [1.807, 2.05) is 41.3 Å². The average Bonchev–Trinajstić information content (AvgIpc) is 3.36. The lowest BCUT2D eigenvalue weighted by Gasteiger charge is -2.20. The number of anilines is 1. The van der Waals surface area contributed by atoms with Crippen molar-refractivity contribution in [3.63, 3.8) is 0 Å². The first-order valence-corrected chi connectivity index (χ1v) is 10.7. The number of benzene rings is 3. The molecule has 0 spiro atoms. The van der Waals surface area contributed by atoms with Gasteiger partial charge in [-0.05, 0) is 47.9 Å². The van der Waals surface area contributed by atoms with Gasteiger partial charge in [0.25, 0.3) is 0 Å².